The molecular formula is C9H13NO3. The van der Waals surface area contributed by atoms with Gasteiger partial charge in [0.05, 0.1) is 12.6 Å². The molecule has 4 nitrogen and oxygen atoms in total. The fourth-order valence-corrected chi connectivity index (χ4v) is 1.82. The first-order chi connectivity index (χ1) is 6.27. The van der Waals surface area contributed by atoms with Gasteiger partial charge in [0, 0.05) is 19.4 Å². The maximum atomic E-state index is 11.2. The number of ether oxygens (including phenoxy) is 1. The molecule has 2 rings (SSSR count). The smallest absolute Gasteiger partial charge is 0.229 e. The number of carbonyl (C=O) groups excluding carboxylic acids is 2. The number of carbonyl (C=O) groups is 2. The van der Waals surface area contributed by atoms with Crippen molar-refractivity contribution in [3.8, 4) is 0 Å². The van der Waals surface area contributed by atoms with Gasteiger partial charge in [-0.3, -0.25) is 14.5 Å². The number of hydrogen-bond donors (Lipinski definition) is 0. The Labute approximate surface area is 76.8 Å². The molecule has 0 bridgehead atoms. The van der Waals surface area contributed by atoms with E-state index >= 15 is 0 Å². The minimum absolute atomic E-state index is 0.0412. The zero-order valence-electron chi connectivity index (χ0n) is 7.49. The molecule has 0 aliphatic carbocycles. The summed E-state index contributed by atoms with van der Waals surface area (Å²) in [6, 6.07) is 0. The van der Waals surface area contributed by atoms with Crippen molar-refractivity contribution in [3.63, 3.8) is 0 Å². The minimum Gasteiger partial charge on any atom is -0.376 e. The van der Waals surface area contributed by atoms with Crippen LogP contribution in [0.25, 0.3) is 0 Å². The third-order valence-electron chi connectivity index (χ3n) is 2.57. The predicted octanol–water partition coefficient (Wildman–Crippen LogP) is 0.314. The highest BCUT2D eigenvalue weighted by atomic mass is 16.5. The minimum atomic E-state index is -0.0412. The van der Waals surface area contributed by atoms with E-state index < -0.39 is 0 Å². The van der Waals surface area contributed by atoms with Crippen LogP contribution in [0.5, 0.6) is 0 Å². The van der Waals surface area contributed by atoms with Crippen molar-refractivity contribution in [2.75, 3.05) is 13.2 Å². The number of nitrogens with zero attached hydrogens (tertiary/aromatic N) is 1. The lowest BCUT2D eigenvalue weighted by atomic mass is 10.2. The summed E-state index contributed by atoms with van der Waals surface area (Å²) in [6.07, 6.45) is 2.86. The molecule has 0 radical (unpaired) electrons. The lowest BCUT2D eigenvalue weighted by Crippen LogP contribution is -2.36. The maximum absolute atomic E-state index is 11.2. The van der Waals surface area contributed by atoms with Crippen LogP contribution in [-0.4, -0.2) is 36.0 Å². The van der Waals surface area contributed by atoms with Crippen LogP contribution in [0.2, 0.25) is 0 Å². The number of likely N-dealkylation sites (tertiary alicyclic amines) is 1. The normalized spacial score (nSPS) is 28.9. The fourth-order valence-electron chi connectivity index (χ4n) is 1.82. The third kappa shape index (κ3) is 1.72. The average Bonchev–Trinajstić information content (AvgIpc) is 2.70. The Hall–Kier alpha value is -0.900. The van der Waals surface area contributed by atoms with Crippen molar-refractivity contribution in [3.05, 3.63) is 0 Å². The van der Waals surface area contributed by atoms with Gasteiger partial charge in [0.1, 0.15) is 0 Å². The molecule has 0 unspecified atom stereocenters. The molecule has 72 valence electrons. The number of imide groups is 1. The highest BCUT2D eigenvalue weighted by molar-refractivity contribution is 6.01. The van der Waals surface area contributed by atoms with Crippen molar-refractivity contribution in [2.24, 2.45) is 0 Å². The summed E-state index contributed by atoms with van der Waals surface area (Å²) in [7, 11) is 0. The summed E-state index contributed by atoms with van der Waals surface area (Å²) in [5.74, 6) is -0.0824. The van der Waals surface area contributed by atoms with E-state index in [2.05, 4.69) is 0 Å². The Balaban J connectivity index is 1.92. The van der Waals surface area contributed by atoms with E-state index in [1.54, 1.807) is 0 Å². The van der Waals surface area contributed by atoms with Gasteiger partial charge in [0.15, 0.2) is 0 Å². The van der Waals surface area contributed by atoms with E-state index in [4.69, 9.17) is 4.74 Å². The second-order valence-corrected chi connectivity index (χ2v) is 3.53. The highest BCUT2D eigenvalue weighted by Crippen LogP contribution is 2.18. The molecule has 2 fully saturated rings. The summed E-state index contributed by atoms with van der Waals surface area (Å²) >= 11 is 0. The molecule has 2 saturated heterocycles. The van der Waals surface area contributed by atoms with Crippen molar-refractivity contribution >= 4 is 11.8 Å². The Morgan fingerprint density at radius 2 is 2.00 bits per heavy atom. The molecule has 0 aromatic carbocycles. The van der Waals surface area contributed by atoms with Crippen LogP contribution in [0.15, 0.2) is 0 Å². The second-order valence-electron chi connectivity index (χ2n) is 3.53. The Morgan fingerprint density at radius 1 is 1.31 bits per heavy atom. The number of rotatable bonds is 2. The van der Waals surface area contributed by atoms with E-state index in [0.29, 0.717) is 19.4 Å². The van der Waals surface area contributed by atoms with Gasteiger partial charge in [-0.1, -0.05) is 0 Å². The summed E-state index contributed by atoms with van der Waals surface area (Å²) in [5.41, 5.74) is 0. The highest BCUT2D eigenvalue weighted by Gasteiger charge is 2.31. The summed E-state index contributed by atoms with van der Waals surface area (Å²) in [4.78, 5) is 23.8. The van der Waals surface area contributed by atoms with Gasteiger partial charge < -0.3 is 4.74 Å². The zero-order valence-corrected chi connectivity index (χ0v) is 7.49. The summed E-state index contributed by atoms with van der Waals surface area (Å²) < 4.78 is 5.37. The zero-order chi connectivity index (χ0) is 9.26. The Bertz CT molecular complexity index is 217. The van der Waals surface area contributed by atoms with Gasteiger partial charge in [-0.2, -0.15) is 0 Å². The van der Waals surface area contributed by atoms with Gasteiger partial charge in [0.25, 0.3) is 0 Å². The summed E-state index contributed by atoms with van der Waals surface area (Å²) in [5, 5.41) is 0. The number of amides is 2. The molecular weight excluding hydrogens is 170 g/mol. The van der Waals surface area contributed by atoms with E-state index in [-0.39, 0.29) is 17.9 Å². The fraction of sp³-hybridized carbons (Fsp3) is 0.778. The summed E-state index contributed by atoms with van der Waals surface area (Å²) in [6.45, 7) is 1.23. The first-order valence-corrected chi connectivity index (χ1v) is 4.72. The third-order valence-corrected chi connectivity index (χ3v) is 2.57. The van der Waals surface area contributed by atoms with Crippen molar-refractivity contribution < 1.29 is 14.3 Å². The average molecular weight is 183 g/mol. The van der Waals surface area contributed by atoms with E-state index in [0.717, 1.165) is 19.4 Å². The lowest BCUT2D eigenvalue weighted by Gasteiger charge is -2.17. The topological polar surface area (TPSA) is 46.6 Å². The molecule has 0 saturated carbocycles. The van der Waals surface area contributed by atoms with Crippen molar-refractivity contribution in [1.29, 1.82) is 0 Å². The lowest BCUT2D eigenvalue weighted by molar-refractivity contribution is -0.140. The van der Waals surface area contributed by atoms with E-state index in [1.807, 2.05) is 0 Å². The van der Waals surface area contributed by atoms with E-state index in [1.165, 1.54) is 4.90 Å². The molecule has 2 amide bonds. The quantitative estimate of drug-likeness (QED) is 0.579. The standard InChI is InChI=1S/C9H13NO3/c11-8-3-4-9(12)10(8)6-7-2-1-5-13-7/h7H,1-6H2/t7-/m1/s1. The first-order valence-electron chi connectivity index (χ1n) is 4.72. The predicted molar refractivity (Wildman–Crippen MR) is 44.9 cm³/mol. The van der Waals surface area contributed by atoms with Crippen LogP contribution >= 0.6 is 0 Å². The van der Waals surface area contributed by atoms with E-state index in [9.17, 15) is 9.59 Å². The Morgan fingerprint density at radius 3 is 2.54 bits per heavy atom. The van der Waals surface area contributed by atoms with Crippen LogP contribution in [0.4, 0.5) is 0 Å². The second kappa shape index (κ2) is 3.46. The first kappa shape index (κ1) is 8.69. The van der Waals surface area contributed by atoms with Gasteiger partial charge in [0.2, 0.25) is 11.8 Å². The molecule has 0 aromatic rings. The molecule has 1 atom stereocenters. The van der Waals surface area contributed by atoms with Gasteiger partial charge >= 0.3 is 0 Å². The van der Waals surface area contributed by atoms with Gasteiger partial charge in [-0.05, 0) is 12.8 Å². The van der Waals surface area contributed by atoms with Crippen LogP contribution in [-0.2, 0) is 14.3 Å². The van der Waals surface area contributed by atoms with Gasteiger partial charge in [-0.15, -0.1) is 0 Å². The molecule has 2 heterocycles. The van der Waals surface area contributed by atoms with Crippen molar-refractivity contribution in [1.82, 2.24) is 4.90 Å². The molecule has 0 aromatic heterocycles. The molecule has 0 N–H and O–H groups in total. The largest absolute Gasteiger partial charge is 0.376 e. The van der Waals surface area contributed by atoms with Crippen LogP contribution in [0, 0.1) is 0 Å². The van der Waals surface area contributed by atoms with Gasteiger partial charge in [-0.25, -0.2) is 0 Å². The molecule has 2 aliphatic heterocycles. The molecule has 13 heavy (non-hydrogen) atoms. The van der Waals surface area contributed by atoms with Crippen LogP contribution in [0.3, 0.4) is 0 Å². The molecule has 0 spiro atoms. The number of hydrogen-bond acceptors (Lipinski definition) is 3. The maximum Gasteiger partial charge on any atom is 0.229 e. The van der Waals surface area contributed by atoms with Crippen molar-refractivity contribution in [2.45, 2.75) is 31.8 Å². The SMILES string of the molecule is O=C1CCC(=O)N1C[C@H]1CCCO1. The van der Waals surface area contributed by atoms with Crippen LogP contribution < -0.4 is 0 Å². The molecule has 2 aliphatic rings. The monoisotopic (exact) mass is 183 g/mol. The Kier molecular flexibility index (Phi) is 2.31. The van der Waals surface area contributed by atoms with Crippen LogP contribution in [0.1, 0.15) is 25.7 Å². The molecule has 4 heteroatoms.